The highest BCUT2D eigenvalue weighted by atomic mass is 16.2. The Hall–Kier alpha value is -3.48. The van der Waals surface area contributed by atoms with Gasteiger partial charge in [0.25, 0.3) is 5.91 Å². The number of rotatable bonds is 6. The summed E-state index contributed by atoms with van der Waals surface area (Å²) >= 11 is 0. The molecule has 1 aromatic carbocycles. The standard InChI is InChI=1S/C21H23N5O2/c1-15-13-22-19(21(28)23-14-20(27)25(2)3)12-17(15)11-16-5-7-18(8-6-16)26-10-4-9-24-26/h4-10,12-13H,11,14H2,1-3H3,(H,23,28). The first kappa shape index (κ1) is 19.3. The average Bonchev–Trinajstić information content (AvgIpc) is 3.22. The van der Waals surface area contributed by atoms with Gasteiger partial charge in [-0.05, 0) is 54.3 Å². The molecule has 2 aromatic heterocycles. The Balaban J connectivity index is 1.71. The topological polar surface area (TPSA) is 80.1 Å². The molecule has 0 bridgehead atoms. The zero-order chi connectivity index (χ0) is 20.1. The SMILES string of the molecule is Cc1cnc(C(=O)NCC(=O)N(C)C)cc1Cc1ccc(-n2cccn2)cc1. The van der Waals surface area contributed by atoms with Crippen LogP contribution in [0.15, 0.2) is 55.0 Å². The third-order valence-electron chi connectivity index (χ3n) is 4.45. The van der Waals surface area contributed by atoms with E-state index in [-0.39, 0.29) is 18.4 Å². The molecule has 2 heterocycles. The van der Waals surface area contributed by atoms with Crippen molar-refractivity contribution < 1.29 is 9.59 Å². The Morgan fingerprint density at radius 3 is 2.57 bits per heavy atom. The predicted octanol–water partition coefficient (Wildman–Crippen LogP) is 1.98. The van der Waals surface area contributed by atoms with Gasteiger partial charge in [-0.25, -0.2) is 4.68 Å². The average molecular weight is 377 g/mol. The van der Waals surface area contributed by atoms with Crippen LogP contribution in [0.25, 0.3) is 5.69 Å². The van der Waals surface area contributed by atoms with Crippen molar-refractivity contribution in [1.29, 1.82) is 0 Å². The van der Waals surface area contributed by atoms with E-state index < -0.39 is 0 Å². The number of hydrogen-bond donors (Lipinski definition) is 1. The van der Waals surface area contributed by atoms with Crippen LogP contribution in [-0.2, 0) is 11.2 Å². The van der Waals surface area contributed by atoms with Crippen molar-refractivity contribution in [2.45, 2.75) is 13.3 Å². The monoisotopic (exact) mass is 377 g/mol. The van der Waals surface area contributed by atoms with Crippen LogP contribution in [0.5, 0.6) is 0 Å². The van der Waals surface area contributed by atoms with Crippen molar-refractivity contribution in [2.24, 2.45) is 0 Å². The van der Waals surface area contributed by atoms with E-state index in [9.17, 15) is 9.59 Å². The minimum absolute atomic E-state index is 0.0500. The van der Waals surface area contributed by atoms with Crippen molar-refractivity contribution in [3.8, 4) is 5.69 Å². The molecule has 0 aliphatic heterocycles. The fourth-order valence-electron chi connectivity index (χ4n) is 2.69. The molecule has 0 atom stereocenters. The third kappa shape index (κ3) is 4.62. The lowest BCUT2D eigenvalue weighted by atomic mass is 10.0. The molecule has 7 heteroatoms. The summed E-state index contributed by atoms with van der Waals surface area (Å²) < 4.78 is 1.80. The van der Waals surface area contributed by atoms with Crippen LogP contribution >= 0.6 is 0 Å². The van der Waals surface area contributed by atoms with Crippen LogP contribution in [0, 0.1) is 6.92 Å². The molecule has 0 radical (unpaired) electrons. The number of aryl methyl sites for hydroxylation is 1. The van der Waals surface area contributed by atoms with Gasteiger partial charge in [-0.15, -0.1) is 0 Å². The Morgan fingerprint density at radius 1 is 1.18 bits per heavy atom. The summed E-state index contributed by atoms with van der Waals surface area (Å²) in [5.74, 6) is -0.525. The molecule has 0 aliphatic rings. The van der Waals surface area contributed by atoms with Gasteiger partial charge >= 0.3 is 0 Å². The smallest absolute Gasteiger partial charge is 0.270 e. The number of nitrogens with zero attached hydrogens (tertiary/aromatic N) is 4. The molecule has 1 N–H and O–H groups in total. The first-order valence-electron chi connectivity index (χ1n) is 8.97. The van der Waals surface area contributed by atoms with E-state index in [1.807, 2.05) is 43.5 Å². The molecular formula is C21H23N5O2. The Morgan fingerprint density at radius 2 is 1.93 bits per heavy atom. The summed E-state index contributed by atoms with van der Waals surface area (Å²) in [5.41, 5.74) is 4.45. The zero-order valence-electron chi connectivity index (χ0n) is 16.2. The molecule has 2 amide bonds. The van der Waals surface area contributed by atoms with Crippen molar-refractivity contribution in [3.05, 3.63) is 77.4 Å². The molecule has 28 heavy (non-hydrogen) atoms. The molecule has 3 rings (SSSR count). The van der Waals surface area contributed by atoms with Gasteiger partial charge < -0.3 is 10.2 Å². The molecular weight excluding hydrogens is 354 g/mol. The van der Waals surface area contributed by atoms with Crippen LogP contribution in [0.3, 0.4) is 0 Å². The summed E-state index contributed by atoms with van der Waals surface area (Å²) in [7, 11) is 3.29. The van der Waals surface area contributed by atoms with Gasteiger partial charge in [0, 0.05) is 32.7 Å². The van der Waals surface area contributed by atoms with Crippen LogP contribution < -0.4 is 5.32 Å². The van der Waals surface area contributed by atoms with Crippen molar-refractivity contribution in [2.75, 3.05) is 20.6 Å². The van der Waals surface area contributed by atoms with Crippen LogP contribution in [0.2, 0.25) is 0 Å². The molecule has 0 unspecified atom stereocenters. The van der Waals surface area contributed by atoms with Gasteiger partial charge in [0.1, 0.15) is 5.69 Å². The number of amides is 2. The quantitative estimate of drug-likeness (QED) is 0.712. The van der Waals surface area contributed by atoms with E-state index in [4.69, 9.17) is 0 Å². The molecule has 7 nitrogen and oxygen atoms in total. The molecule has 0 fully saturated rings. The van der Waals surface area contributed by atoms with E-state index in [1.165, 1.54) is 4.90 Å². The van der Waals surface area contributed by atoms with Crippen molar-refractivity contribution in [1.82, 2.24) is 25.0 Å². The number of aromatic nitrogens is 3. The van der Waals surface area contributed by atoms with Gasteiger partial charge in [-0.1, -0.05) is 12.1 Å². The van der Waals surface area contributed by atoms with Gasteiger partial charge in [-0.2, -0.15) is 5.10 Å². The predicted molar refractivity (Wildman–Crippen MR) is 106 cm³/mol. The molecule has 0 aliphatic carbocycles. The molecule has 0 saturated heterocycles. The number of pyridine rings is 1. The van der Waals surface area contributed by atoms with E-state index in [0.29, 0.717) is 12.1 Å². The summed E-state index contributed by atoms with van der Waals surface area (Å²) in [6.45, 7) is 1.92. The van der Waals surface area contributed by atoms with Gasteiger partial charge in [0.2, 0.25) is 5.91 Å². The minimum atomic E-state index is -0.356. The second-order valence-electron chi connectivity index (χ2n) is 6.76. The Bertz CT molecular complexity index is 963. The maximum atomic E-state index is 12.3. The lowest BCUT2D eigenvalue weighted by molar-refractivity contribution is -0.127. The highest BCUT2D eigenvalue weighted by molar-refractivity contribution is 5.95. The summed E-state index contributed by atoms with van der Waals surface area (Å²) in [6, 6.07) is 11.8. The fourth-order valence-corrected chi connectivity index (χ4v) is 2.69. The van der Waals surface area contributed by atoms with E-state index >= 15 is 0 Å². The van der Waals surface area contributed by atoms with E-state index in [1.54, 1.807) is 37.2 Å². The highest BCUT2D eigenvalue weighted by Crippen LogP contribution is 2.16. The second kappa shape index (κ2) is 8.47. The third-order valence-corrected chi connectivity index (χ3v) is 4.45. The number of carbonyl (C=O) groups is 2. The van der Waals surface area contributed by atoms with Gasteiger partial charge in [0.05, 0.1) is 12.2 Å². The number of likely N-dealkylation sites (N-methyl/N-ethyl adjacent to an activating group) is 1. The normalized spacial score (nSPS) is 10.5. The summed E-state index contributed by atoms with van der Waals surface area (Å²) in [6.07, 6.45) is 6.02. The van der Waals surface area contributed by atoms with Crippen molar-refractivity contribution >= 4 is 11.8 Å². The van der Waals surface area contributed by atoms with Crippen LogP contribution in [0.4, 0.5) is 0 Å². The van der Waals surface area contributed by atoms with Gasteiger partial charge in [0.15, 0.2) is 0 Å². The van der Waals surface area contributed by atoms with Crippen molar-refractivity contribution in [3.63, 3.8) is 0 Å². The maximum absolute atomic E-state index is 12.3. The number of hydrogen-bond acceptors (Lipinski definition) is 4. The van der Waals surface area contributed by atoms with Crippen LogP contribution in [-0.4, -0.2) is 52.1 Å². The zero-order valence-corrected chi connectivity index (χ0v) is 16.2. The highest BCUT2D eigenvalue weighted by Gasteiger charge is 2.12. The van der Waals surface area contributed by atoms with Crippen LogP contribution in [0.1, 0.15) is 27.2 Å². The minimum Gasteiger partial charge on any atom is -0.347 e. The Kier molecular flexibility index (Phi) is 5.84. The second-order valence-corrected chi connectivity index (χ2v) is 6.76. The Labute approximate surface area is 164 Å². The molecule has 144 valence electrons. The fraction of sp³-hybridized carbons (Fsp3) is 0.238. The maximum Gasteiger partial charge on any atom is 0.270 e. The largest absolute Gasteiger partial charge is 0.347 e. The van der Waals surface area contributed by atoms with Gasteiger partial charge in [-0.3, -0.25) is 14.6 Å². The molecule has 0 spiro atoms. The van der Waals surface area contributed by atoms with E-state index in [0.717, 1.165) is 22.4 Å². The molecule has 3 aromatic rings. The number of carbonyl (C=O) groups excluding carboxylic acids is 2. The lowest BCUT2D eigenvalue weighted by Gasteiger charge is -2.12. The van der Waals surface area contributed by atoms with E-state index in [2.05, 4.69) is 15.4 Å². The number of nitrogens with one attached hydrogen (secondary N) is 1. The number of benzene rings is 1. The summed E-state index contributed by atoms with van der Waals surface area (Å²) in [5, 5.41) is 6.83. The first-order valence-corrected chi connectivity index (χ1v) is 8.97. The lowest BCUT2D eigenvalue weighted by Crippen LogP contribution is -2.36. The molecule has 0 saturated carbocycles. The first-order chi connectivity index (χ1) is 13.4. The summed E-state index contributed by atoms with van der Waals surface area (Å²) in [4.78, 5) is 29.6.